The summed E-state index contributed by atoms with van der Waals surface area (Å²) in [5.41, 5.74) is -0.365. The fraction of sp³-hybridized carbons (Fsp3) is 0.381. The van der Waals surface area contributed by atoms with Gasteiger partial charge in [-0.2, -0.15) is 0 Å². The second-order valence-corrected chi connectivity index (χ2v) is 8.36. The minimum absolute atomic E-state index is 0.0380. The number of carbonyl (C=O) groups excluding carboxylic acids is 1. The minimum atomic E-state index is -1.48. The molecule has 0 spiro atoms. The van der Waals surface area contributed by atoms with Crippen molar-refractivity contribution >= 4 is 5.78 Å². The molecule has 0 saturated heterocycles. The Morgan fingerprint density at radius 1 is 1.00 bits per heavy atom. The van der Waals surface area contributed by atoms with Crippen LogP contribution >= 0.6 is 0 Å². The highest BCUT2D eigenvalue weighted by Gasteiger charge is 2.45. The van der Waals surface area contributed by atoms with Crippen molar-refractivity contribution in [1.29, 1.82) is 0 Å². The van der Waals surface area contributed by atoms with E-state index in [2.05, 4.69) is 0 Å². The maximum absolute atomic E-state index is 13.2. The van der Waals surface area contributed by atoms with Gasteiger partial charge in [-0.05, 0) is 36.1 Å². The number of aliphatic hydroxyl groups is 2. The van der Waals surface area contributed by atoms with Gasteiger partial charge in [0.15, 0.2) is 0 Å². The van der Waals surface area contributed by atoms with Crippen LogP contribution in [0.4, 0.5) is 0 Å². The summed E-state index contributed by atoms with van der Waals surface area (Å²) in [6.45, 7) is 5.17. The average molecular weight is 370 g/mol. The fourth-order valence-electron chi connectivity index (χ4n) is 4.71. The maximum atomic E-state index is 13.2. The quantitative estimate of drug-likeness (QED) is 0.485. The van der Waals surface area contributed by atoms with Gasteiger partial charge in [-0.1, -0.05) is 19.9 Å². The number of hydrogen-bond acceptors (Lipinski definition) is 6. The molecule has 4 rings (SSSR count). The molecule has 2 aromatic rings. The van der Waals surface area contributed by atoms with Crippen LogP contribution in [0.3, 0.4) is 0 Å². The lowest BCUT2D eigenvalue weighted by Crippen LogP contribution is -2.37. The zero-order valence-corrected chi connectivity index (χ0v) is 15.4. The van der Waals surface area contributed by atoms with E-state index in [4.69, 9.17) is 0 Å². The Morgan fingerprint density at radius 3 is 2.30 bits per heavy atom. The van der Waals surface area contributed by atoms with E-state index < -0.39 is 22.9 Å². The Balaban J connectivity index is 2.09. The van der Waals surface area contributed by atoms with Gasteiger partial charge in [0.05, 0.1) is 22.8 Å². The first-order valence-electron chi connectivity index (χ1n) is 8.86. The predicted molar refractivity (Wildman–Crippen MR) is 97.3 cm³/mol. The molecule has 2 aromatic carbocycles. The van der Waals surface area contributed by atoms with Crippen LogP contribution in [0, 0.1) is 0 Å². The zero-order valence-electron chi connectivity index (χ0n) is 15.4. The maximum Gasteiger partial charge on any atom is 0.201 e. The van der Waals surface area contributed by atoms with Crippen molar-refractivity contribution in [3.8, 4) is 17.2 Å². The number of aliphatic hydroxyl groups excluding tert-OH is 1. The Labute approximate surface area is 156 Å². The molecule has 142 valence electrons. The van der Waals surface area contributed by atoms with E-state index in [1.165, 1.54) is 13.0 Å². The summed E-state index contributed by atoms with van der Waals surface area (Å²) in [5.74, 6) is -1.38. The van der Waals surface area contributed by atoms with Gasteiger partial charge in [0.1, 0.15) is 17.2 Å². The predicted octanol–water partition coefficient (Wildman–Crippen LogP) is 2.19. The molecular formula is C21H22O6. The normalized spacial score (nSPS) is 25.5. The fourth-order valence-corrected chi connectivity index (χ4v) is 4.71. The summed E-state index contributed by atoms with van der Waals surface area (Å²) >= 11 is 0. The van der Waals surface area contributed by atoms with Crippen LogP contribution in [0.15, 0.2) is 18.2 Å². The molecule has 2 atom stereocenters. The largest absolute Gasteiger partial charge is 0.508 e. The second kappa shape index (κ2) is 5.24. The molecule has 0 heterocycles. The van der Waals surface area contributed by atoms with Gasteiger partial charge in [0.2, 0.25) is 5.78 Å². The van der Waals surface area contributed by atoms with E-state index in [9.17, 15) is 30.3 Å². The van der Waals surface area contributed by atoms with E-state index in [-0.39, 0.29) is 46.8 Å². The summed E-state index contributed by atoms with van der Waals surface area (Å²) in [7, 11) is 0. The summed E-state index contributed by atoms with van der Waals surface area (Å²) < 4.78 is 0. The topological polar surface area (TPSA) is 118 Å². The summed E-state index contributed by atoms with van der Waals surface area (Å²) in [6, 6.07) is 4.28. The highest BCUT2D eigenvalue weighted by Crippen LogP contribution is 2.52. The van der Waals surface area contributed by atoms with E-state index in [1.807, 2.05) is 13.8 Å². The third-order valence-electron chi connectivity index (χ3n) is 5.91. The molecule has 2 aliphatic carbocycles. The Kier molecular flexibility index (Phi) is 3.46. The van der Waals surface area contributed by atoms with Crippen molar-refractivity contribution in [3.05, 3.63) is 51.6 Å². The number of phenols is 3. The van der Waals surface area contributed by atoms with Crippen molar-refractivity contribution in [2.75, 3.05) is 0 Å². The first kappa shape index (κ1) is 17.8. The van der Waals surface area contributed by atoms with E-state index in [1.54, 1.807) is 6.07 Å². The number of benzene rings is 2. The lowest BCUT2D eigenvalue weighted by atomic mass is 9.65. The number of hydrogen-bond donors (Lipinski definition) is 5. The van der Waals surface area contributed by atoms with E-state index >= 15 is 0 Å². The molecule has 2 unspecified atom stereocenters. The average Bonchev–Trinajstić information content (AvgIpc) is 2.50. The third-order valence-corrected chi connectivity index (χ3v) is 5.91. The number of phenolic OH excluding ortho intramolecular Hbond substituents is 3. The van der Waals surface area contributed by atoms with Crippen molar-refractivity contribution in [2.45, 2.75) is 50.7 Å². The molecule has 5 N–H and O–H groups in total. The highest BCUT2D eigenvalue weighted by atomic mass is 16.3. The highest BCUT2D eigenvalue weighted by molar-refractivity contribution is 6.16. The molecule has 0 aromatic heterocycles. The molecule has 0 aliphatic heterocycles. The van der Waals surface area contributed by atoms with Crippen LogP contribution in [0.2, 0.25) is 0 Å². The van der Waals surface area contributed by atoms with Gasteiger partial charge in [0.25, 0.3) is 0 Å². The number of carbonyl (C=O) groups is 1. The minimum Gasteiger partial charge on any atom is -0.508 e. The molecular weight excluding hydrogens is 348 g/mol. The first-order chi connectivity index (χ1) is 12.4. The van der Waals surface area contributed by atoms with Crippen molar-refractivity contribution < 1.29 is 30.3 Å². The van der Waals surface area contributed by atoms with Crippen LogP contribution in [0.1, 0.15) is 65.4 Å². The third kappa shape index (κ3) is 2.30. The second-order valence-electron chi connectivity index (χ2n) is 8.36. The van der Waals surface area contributed by atoms with Crippen molar-refractivity contribution in [3.63, 3.8) is 0 Å². The van der Waals surface area contributed by atoms with E-state index in [0.29, 0.717) is 16.7 Å². The molecule has 6 nitrogen and oxygen atoms in total. The number of ketones is 1. The Bertz CT molecular complexity index is 1000. The molecule has 0 amide bonds. The molecule has 0 fully saturated rings. The van der Waals surface area contributed by atoms with Crippen LogP contribution in [0.5, 0.6) is 17.2 Å². The Hall–Kier alpha value is -2.57. The van der Waals surface area contributed by atoms with Crippen LogP contribution < -0.4 is 0 Å². The van der Waals surface area contributed by atoms with Gasteiger partial charge in [0, 0.05) is 23.5 Å². The van der Waals surface area contributed by atoms with Crippen LogP contribution in [0.25, 0.3) is 0 Å². The molecule has 0 saturated carbocycles. The summed E-state index contributed by atoms with van der Waals surface area (Å²) in [5, 5.41) is 52.1. The smallest absolute Gasteiger partial charge is 0.201 e. The van der Waals surface area contributed by atoms with Gasteiger partial charge < -0.3 is 25.5 Å². The first-order valence-corrected chi connectivity index (χ1v) is 8.86. The SMILES string of the molecule is CC1(O)CC(O)Cc2cc3c(c(O)c21)C(=O)c1c(O)cc(O)cc1C3(C)C. The number of fused-ring (bicyclic) bond motifs is 3. The van der Waals surface area contributed by atoms with Gasteiger partial charge in [-0.25, -0.2) is 0 Å². The standard InChI is InChI=1S/C21H22O6/c1-20(2)12-5-9-4-11(23)8-21(3,27)17(9)19(26)16(12)18(25)15-13(20)6-10(22)7-14(15)24/h5-7,11,22-24,26-27H,4,8H2,1-3H3. The van der Waals surface area contributed by atoms with Crippen LogP contribution in [-0.4, -0.2) is 37.4 Å². The number of aromatic hydroxyl groups is 3. The van der Waals surface area contributed by atoms with Crippen molar-refractivity contribution in [1.82, 2.24) is 0 Å². The van der Waals surface area contributed by atoms with Crippen LogP contribution in [-0.2, 0) is 17.4 Å². The summed E-state index contributed by atoms with van der Waals surface area (Å²) in [6.07, 6.45) is -0.443. The van der Waals surface area contributed by atoms with Gasteiger partial charge in [-0.15, -0.1) is 0 Å². The molecule has 27 heavy (non-hydrogen) atoms. The van der Waals surface area contributed by atoms with E-state index in [0.717, 1.165) is 6.07 Å². The monoisotopic (exact) mass is 370 g/mol. The number of rotatable bonds is 0. The van der Waals surface area contributed by atoms with Crippen molar-refractivity contribution in [2.24, 2.45) is 0 Å². The molecule has 2 aliphatic rings. The van der Waals surface area contributed by atoms with Gasteiger partial charge >= 0.3 is 0 Å². The molecule has 0 radical (unpaired) electrons. The summed E-state index contributed by atoms with van der Waals surface area (Å²) in [4.78, 5) is 13.2. The zero-order chi connectivity index (χ0) is 19.9. The molecule has 6 heteroatoms. The Morgan fingerprint density at radius 2 is 1.63 bits per heavy atom. The molecule has 0 bridgehead atoms. The lowest BCUT2D eigenvalue weighted by molar-refractivity contribution is -0.0126. The van der Waals surface area contributed by atoms with Gasteiger partial charge in [-0.3, -0.25) is 4.79 Å². The lowest BCUT2D eigenvalue weighted by Gasteiger charge is -2.40.